The maximum Gasteiger partial charge on any atom is 0.147 e. The van der Waals surface area contributed by atoms with E-state index in [0.717, 1.165) is 22.4 Å². The summed E-state index contributed by atoms with van der Waals surface area (Å²) in [6.07, 6.45) is 2.34. The summed E-state index contributed by atoms with van der Waals surface area (Å²) in [5.74, 6) is -0.171. The summed E-state index contributed by atoms with van der Waals surface area (Å²) in [6, 6.07) is 8.27. The molecule has 4 heteroatoms. The third-order valence-corrected chi connectivity index (χ3v) is 3.58. The molecule has 0 amide bonds. The number of carbonyl (C=O) groups excluding carboxylic acids is 1. The van der Waals surface area contributed by atoms with Gasteiger partial charge in [-0.3, -0.25) is 9.78 Å². The number of likely N-dealkylation sites (N-methyl/N-ethyl adjacent to an activating group) is 1. The Morgan fingerprint density at radius 2 is 2.10 bits per heavy atom. The Bertz CT molecular complexity index is 638. The van der Waals surface area contributed by atoms with Crippen molar-refractivity contribution in [1.29, 1.82) is 0 Å². The minimum Gasteiger partial charge on any atom is -0.310 e. The van der Waals surface area contributed by atoms with Crippen molar-refractivity contribution in [2.75, 3.05) is 7.05 Å². The van der Waals surface area contributed by atoms with Gasteiger partial charge >= 0.3 is 0 Å². The van der Waals surface area contributed by atoms with Crippen molar-refractivity contribution < 1.29 is 9.18 Å². The van der Waals surface area contributed by atoms with Gasteiger partial charge < -0.3 is 5.32 Å². The minimum absolute atomic E-state index is 0.0996. The normalized spacial score (nSPS) is 12.2. The van der Waals surface area contributed by atoms with Gasteiger partial charge in [0.1, 0.15) is 11.6 Å². The monoisotopic (exact) mass is 286 g/mol. The molecule has 0 saturated heterocycles. The first-order chi connectivity index (χ1) is 10.0. The van der Waals surface area contributed by atoms with Crippen LogP contribution in [-0.4, -0.2) is 23.9 Å². The van der Waals surface area contributed by atoms with E-state index >= 15 is 0 Å². The van der Waals surface area contributed by atoms with Crippen LogP contribution in [0.15, 0.2) is 36.5 Å². The second-order valence-corrected chi connectivity index (χ2v) is 5.17. The second-order valence-electron chi connectivity index (χ2n) is 5.17. The number of ketones is 1. The first-order valence-electron chi connectivity index (χ1n) is 6.90. The summed E-state index contributed by atoms with van der Waals surface area (Å²) < 4.78 is 13.3. The molecule has 0 aliphatic rings. The fourth-order valence-corrected chi connectivity index (χ4v) is 2.26. The van der Waals surface area contributed by atoms with Crippen LogP contribution >= 0.6 is 0 Å². The Labute approximate surface area is 124 Å². The van der Waals surface area contributed by atoms with E-state index < -0.39 is 0 Å². The van der Waals surface area contributed by atoms with Gasteiger partial charge in [-0.1, -0.05) is 12.1 Å². The number of halogens is 1. The van der Waals surface area contributed by atoms with E-state index in [1.165, 1.54) is 12.1 Å². The quantitative estimate of drug-likeness (QED) is 0.919. The third-order valence-electron chi connectivity index (χ3n) is 3.58. The highest BCUT2D eigenvalue weighted by Gasteiger charge is 2.12. The number of rotatable bonds is 5. The molecule has 1 heterocycles. The molecular weight excluding hydrogens is 267 g/mol. The Balaban J connectivity index is 2.22. The number of Topliss-reactive ketones (excluding diaryl/α,β-unsaturated/α-hetero) is 1. The van der Waals surface area contributed by atoms with Crippen molar-refractivity contribution in [1.82, 2.24) is 10.3 Å². The molecule has 0 spiro atoms. The van der Waals surface area contributed by atoms with E-state index in [4.69, 9.17) is 0 Å². The summed E-state index contributed by atoms with van der Waals surface area (Å²) in [6.45, 7) is 3.50. The molecule has 21 heavy (non-hydrogen) atoms. The molecule has 1 aromatic heterocycles. The zero-order valence-electron chi connectivity index (χ0n) is 12.5. The van der Waals surface area contributed by atoms with Crippen molar-refractivity contribution in [3.05, 3.63) is 53.5 Å². The Morgan fingerprint density at radius 1 is 1.33 bits per heavy atom. The molecule has 110 valence electrons. The van der Waals surface area contributed by atoms with Crippen LogP contribution in [0.4, 0.5) is 4.39 Å². The minimum atomic E-state index is -0.270. The van der Waals surface area contributed by atoms with Crippen LogP contribution in [0.3, 0.4) is 0 Å². The highest BCUT2D eigenvalue weighted by molar-refractivity contribution is 5.81. The Morgan fingerprint density at radius 3 is 2.67 bits per heavy atom. The van der Waals surface area contributed by atoms with Gasteiger partial charge in [-0.2, -0.15) is 0 Å². The lowest BCUT2D eigenvalue weighted by molar-refractivity contribution is -0.118. The molecule has 0 aliphatic heterocycles. The van der Waals surface area contributed by atoms with Crippen LogP contribution in [0.25, 0.3) is 11.3 Å². The molecule has 3 nitrogen and oxygen atoms in total. The van der Waals surface area contributed by atoms with Gasteiger partial charge in [0.15, 0.2) is 0 Å². The number of carbonyl (C=O) groups is 1. The van der Waals surface area contributed by atoms with Crippen LogP contribution in [0, 0.1) is 12.7 Å². The topological polar surface area (TPSA) is 42.0 Å². The summed E-state index contributed by atoms with van der Waals surface area (Å²) in [5.41, 5.74) is 3.48. The zero-order chi connectivity index (χ0) is 15.4. The molecule has 1 aromatic carbocycles. The molecule has 0 radical (unpaired) electrons. The highest BCUT2D eigenvalue weighted by Crippen LogP contribution is 2.22. The number of pyridine rings is 1. The van der Waals surface area contributed by atoms with E-state index in [1.807, 2.05) is 19.1 Å². The van der Waals surface area contributed by atoms with Gasteiger partial charge in [0, 0.05) is 11.8 Å². The standard InChI is InChI=1S/C17H19FN2O/c1-11-4-6-14(18)9-15(11)16-7-5-13(10-20-16)8-17(19-3)12(2)21/h4-7,9-10,17,19H,8H2,1-3H3/t17-/m0/s1. The molecule has 1 atom stereocenters. The number of hydrogen-bond donors (Lipinski definition) is 1. The van der Waals surface area contributed by atoms with Crippen LogP contribution in [-0.2, 0) is 11.2 Å². The van der Waals surface area contributed by atoms with Gasteiger partial charge in [0.05, 0.1) is 11.7 Å². The van der Waals surface area contributed by atoms with Crippen LogP contribution in [0.1, 0.15) is 18.1 Å². The van der Waals surface area contributed by atoms with Crippen LogP contribution in [0.2, 0.25) is 0 Å². The predicted molar refractivity (Wildman–Crippen MR) is 81.6 cm³/mol. The predicted octanol–water partition coefficient (Wildman–Crippen LogP) is 2.92. The number of nitrogens with zero attached hydrogens (tertiary/aromatic N) is 1. The number of benzene rings is 1. The van der Waals surface area contributed by atoms with Crippen LogP contribution in [0.5, 0.6) is 0 Å². The lowest BCUT2D eigenvalue weighted by Gasteiger charge is -2.13. The zero-order valence-corrected chi connectivity index (χ0v) is 12.5. The number of aryl methyl sites for hydroxylation is 1. The molecule has 0 aliphatic carbocycles. The third kappa shape index (κ3) is 3.73. The lowest BCUT2D eigenvalue weighted by atomic mass is 10.0. The fraction of sp³-hybridized carbons (Fsp3) is 0.294. The molecule has 1 N–H and O–H groups in total. The van der Waals surface area contributed by atoms with Crippen molar-refractivity contribution in [2.24, 2.45) is 0 Å². The van der Waals surface area contributed by atoms with Crippen molar-refractivity contribution in [2.45, 2.75) is 26.3 Å². The van der Waals surface area contributed by atoms with E-state index in [-0.39, 0.29) is 17.6 Å². The molecule has 0 saturated carbocycles. The molecule has 2 rings (SSSR count). The average Bonchev–Trinajstić information content (AvgIpc) is 2.47. The van der Waals surface area contributed by atoms with Gasteiger partial charge in [-0.15, -0.1) is 0 Å². The number of aromatic nitrogens is 1. The van der Waals surface area contributed by atoms with E-state index in [0.29, 0.717) is 6.42 Å². The first-order valence-corrected chi connectivity index (χ1v) is 6.90. The van der Waals surface area contributed by atoms with Crippen molar-refractivity contribution in [3.63, 3.8) is 0 Å². The molecule has 0 unspecified atom stereocenters. The van der Waals surface area contributed by atoms with E-state index in [1.54, 1.807) is 26.2 Å². The summed E-state index contributed by atoms with van der Waals surface area (Å²) in [7, 11) is 1.77. The highest BCUT2D eigenvalue weighted by atomic mass is 19.1. The lowest BCUT2D eigenvalue weighted by Crippen LogP contribution is -2.34. The molecular formula is C17H19FN2O. The van der Waals surface area contributed by atoms with Crippen molar-refractivity contribution in [3.8, 4) is 11.3 Å². The fourth-order valence-electron chi connectivity index (χ4n) is 2.26. The van der Waals surface area contributed by atoms with Gasteiger partial charge in [-0.25, -0.2) is 4.39 Å². The largest absolute Gasteiger partial charge is 0.310 e. The smallest absolute Gasteiger partial charge is 0.147 e. The van der Waals surface area contributed by atoms with Gasteiger partial charge in [0.2, 0.25) is 0 Å². The summed E-state index contributed by atoms with van der Waals surface area (Å²) >= 11 is 0. The van der Waals surface area contributed by atoms with Gasteiger partial charge in [-0.05, 0) is 56.6 Å². The van der Waals surface area contributed by atoms with Crippen molar-refractivity contribution >= 4 is 5.78 Å². The Hall–Kier alpha value is -2.07. The number of nitrogens with one attached hydrogen (secondary N) is 1. The molecule has 0 bridgehead atoms. The summed E-state index contributed by atoms with van der Waals surface area (Å²) in [4.78, 5) is 15.8. The second kappa shape index (κ2) is 6.59. The SMILES string of the molecule is CN[C@@H](Cc1ccc(-c2cc(F)ccc2C)nc1)C(C)=O. The maximum absolute atomic E-state index is 13.3. The maximum atomic E-state index is 13.3. The van der Waals surface area contributed by atoms with E-state index in [2.05, 4.69) is 10.3 Å². The Kier molecular flexibility index (Phi) is 4.81. The molecule has 0 fully saturated rings. The molecule has 2 aromatic rings. The van der Waals surface area contributed by atoms with Gasteiger partial charge in [0.25, 0.3) is 0 Å². The van der Waals surface area contributed by atoms with Crippen LogP contribution < -0.4 is 5.32 Å². The van der Waals surface area contributed by atoms with E-state index in [9.17, 15) is 9.18 Å². The first kappa shape index (κ1) is 15.3. The summed E-state index contributed by atoms with van der Waals surface area (Å²) in [5, 5.41) is 2.99. The number of hydrogen-bond acceptors (Lipinski definition) is 3. The average molecular weight is 286 g/mol.